The van der Waals surface area contributed by atoms with Gasteiger partial charge in [-0.25, -0.2) is 0 Å². The lowest BCUT2D eigenvalue weighted by Gasteiger charge is -2.22. The second-order valence-corrected chi connectivity index (χ2v) is 6.39. The molecule has 1 amide bonds. The van der Waals surface area contributed by atoms with Gasteiger partial charge in [-0.15, -0.1) is 10.2 Å². The number of rotatable bonds is 5. The molecule has 0 aliphatic heterocycles. The van der Waals surface area contributed by atoms with Crippen molar-refractivity contribution in [2.75, 3.05) is 0 Å². The van der Waals surface area contributed by atoms with E-state index in [2.05, 4.69) is 15.3 Å². The highest BCUT2D eigenvalue weighted by Crippen LogP contribution is 2.30. The second kappa shape index (κ2) is 6.16. The van der Waals surface area contributed by atoms with Crippen molar-refractivity contribution in [3.63, 3.8) is 0 Å². The molecule has 128 valence electrons. The molecule has 0 bridgehead atoms. The Morgan fingerprint density at radius 3 is 2.60 bits per heavy atom. The minimum absolute atomic E-state index is 0.0413. The van der Waals surface area contributed by atoms with Crippen LogP contribution in [0.4, 0.5) is 0 Å². The number of carbonyl (C=O) groups excluding carboxylic acids is 1. The van der Waals surface area contributed by atoms with Gasteiger partial charge in [0.15, 0.2) is 0 Å². The molecule has 0 radical (unpaired) electrons. The Morgan fingerprint density at radius 1 is 1.28 bits per heavy atom. The number of hydrogen-bond donors (Lipinski definition) is 0. The Balaban J connectivity index is 1.53. The van der Waals surface area contributed by atoms with E-state index in [4.69, 9.17) is 4.42 Å². The van der Waals surface area contributed by atoms with Crippen molar-refractivity contribution in [2.24, 2.45) is 7.05 Å². The summed E-state index contributed by atoms with van der Waals surface area (Å²) in [7, 11) is 1.88. The molecule has 1 saturated carbocycles. The van der Waals surface area contributed by atoms with Crippen molar-refractivity contribution >= 4 is 5.91 Å². The average molecular weight is 337 g/mol. The molecule has 0 unspecified atom stereocenters. The highest BCUT2D eigenvalue weighted by atomic mass is 16.4. The summed E-state index contributed by atoms with van der Waals surface area (Å²) in [6, 6.07) is 7.64. The summed E-state index contributed by atoms with van der Waals surface area (Å²) < 4.78 is 7.18. The lowest BCUT2D eigenvalue weighted by Crippen LogP contribution is -2.32. The third-order valence-electron chi connectivity index (χ3n) is 4.26. The minimum atomic E-state index is 0.0413. The largest absolute Gasteiger partial charge is 0.421 e. The van der Waals surface area contributed by atoms with Crippen molar-refractivity contribution in [1.29, 1.82) is 0 Å². The lowest BCUT2D eigenvalue weighted by atomic mass is 10.1. The van der Waals surface area contributed by atoms with Crippen molar-refractivity contribution in [3.8, 4) is 11.5 Å². The summed E-state index contributed by atoms with van der Waals surface area (Å²) in [6.45, 7) is 2.34. The Hall–Kier alpha value is -2.96. The number of nitrogens with zero attached hydrogens (tertiary/aromatic N) is 5. The fraction of sp³-hybridized carbons (Fsp3) is 0.333. The van der Waals surface area contributed by atoms with E-state index in [1.165, 1.54) is 0 Å². The lowest BCUT2D eigenvalue weighted by molar-refractivity contribution is 0.0730. The molecule has 2 heterocycles. The summed E-state index contributed by atoms with van der Waals surface area (Å²) in [5.74, 6) is 1.03. The number of carbonyl (C=O) groups is 1. The van der Waals surface area contributed by atoms with E-state index in [1.54, 1.807) is 11.6 Å². The van der Waals surface area contributed by atoms with Gasteiger partial charge in [-0.2, -0.15) is 5.10 Å². The zero-order valence-corrected chi connectivity index (χ0v) is 14.2. The SMILES string of the molecule is Cc1nnc(-c2ccc(C(=O)N(Cc3cnn(C)c3)C3CC3)cc2)o1. The summed E-state index contributed by atoms with van der Waals surface area (Å²) in [5, 5.41) is 12.0. The van der Waals surface area contributed by atoms with Crippen LogP contribution in [0, 0.1) is 6.92 Å². The van der Waals surface area contributed by atoms with Gasteiger partial charge in [0.25, 0.3) is 5.91 Å². The maximum Gasteiger partial charge on any atom is 0.254 e. The summed E-state index contributed by atoms with van der Waals surface area (Å²) in [5.41, 5.74) is 2.51. The first-order chi connectivity index (χ1) is 12.1. The number of aromatic nitrogens is 4. The van der Waals surface area contributed by atoms with Crippen LogP contribution in [0.15, 0.2) is 41.1 Å². The van der Waals surface area contributed by atoms with Gasteiger partial charge in [-0.1, -0.05) is 0 Å². The van der Waals surface area contributed by atoms with Crippen molar-refractivity contribution in [2.45, 2.75) is 32.4 Å². The van der Waals surface area contributed by atoms with Crippen LogP contribution < -0.4 is 0 Å². The van der Waals surface area contributed by atoms with Crippen LogP contribution in [-0.2, 0) is 13.6 Å². The third kappa shape index (κ3) is 3.31. The van der Waals surface area contributed by atoms with Crippen LogP contribution in [0.2, 0.25) is 0 Å². The molecule has 1 fully saturated rings. The van der Waals surface area contributed by atoms with Gasteiger partial charge in [0, 0.05) is 49.4 Å². The number of aryl methyl sites for hydroxylation is 2. The number of benzene rings is 1. The fourth-order valence-corrected chi connectivity index (χ4v) is 2.84. The van der Waals surface area contributed by atoms with E-state index in [0.717, 1.165) is 24.0 Å². The zero-order valence-electron chi connectivity index (χ0n) is 14.2. The van der Waals surface area contributed by atoms with Crippen molar-refractivity contribution in [1.82, 2.24) is 24.9 Å². The van der Waals surface area contributed by atoms with E-state index in [-0.39, 0.29) is 5.91 Å². The van der Waals surface area contributed by atoms with E-state index >= 15 is 0 Å². The molecule has 0 atom stereocenters. The topological polar surface area (TPSA) is 77.1 Å². The van der Waals surface area contributed by atoms with Crippen LogP contribution in [0.1, 0.15) is 34.7 Å². The molecule has 2 aromatic heterocycles. The Kier molecular flexibility index (Phi) is 3.83. The van der Waals surface area contributed by atoms with E-state index < -0.39 is 0 Å². The zero-order chi connectivity index (χ0) is 17.4. The normalized spacial score (nSPS) is 13.8. The predicted octanol–water partition coefficient (Wildman–Crippen LogP) is 2.58. The standard InChI is InChI=1S/C18H19N5O2/c1-12-20-21-17(25-12)14-3-5-15(6-4-14)18(24)23(16-7-8-16)11-13-9-19-22(2)10-13/h3-6,9-10,16H,7-8,11H2,1-2H3. The molecule has 7 nitrogen and oxygen atoms in total. The highest BCUT2D eigenvalue weighted by molar-refractivity contribution is 5.95. The number of hydrogen-bond acceptors (Lipinski definition) is 5. The van der Waals surface area contributed by atoms with E-state index in [0.29, 0.717) is 29.9 Å². The van der Waals surface area contributed by atoms with Gasteiger partial charge < -0.3 is 9.32 Å². The first-order valence-electron chi connectivity index (χ1n) is 8.29. The van der Waals surface area contributed by atoms with Gasteiger partial charge in [-0.3, -0.25) is 9.48 Å². The van der Waals surface area contributed by atoms with Crippen LogP contribution in [-0.4, -0.2) is 36.8 Å². The van der Waals surface area contributed by atoms with Crippen molar-refractivity contribution in [3.05, 3.63) is 53.7 Å². The van der Waals surface area contributed by atoms with Gasteiger partial charge in [-0.05, 0) is 37.1 Å². The smallest absolute Gasteiger partial charge is 0.254 e. The predicted molar refractivity (Wildman–Crippen MR) is 90.6 cm³/mol. The van der Waals surface area contributed by atoms with Gasteiger partial charge in [0.05, 0.1) is 6.20 Å². The molecule has 0 saturated heterocycles. The molecule has 4 rings (SSSR count). The van der Waals surface area contributed by atoms with Crippen LogP contribution in [0.5, 0.6) is 0 Å². The first-order valence-corrected chi connectivity index (χ1v) is 8.29. The second-order valence-electron chi connectivity index (χ2n) is 6.39. The monoisotopic (exact) mass is 337 g/mol. The molecule has 3 aromatic rings. The maximum absolute atomic E-state index is 12.9. The molecule has 0 spiro atoms. The Morgan fingerprint density at radius 2 is 2.04 bits per heavy atom. The average Bonchev–Trinajstić information content (AvgIpc) is 3.24. The molecule has 1 aromatic carbocycles. The van der Waals surface area contributed by atoms with Gasteiger partial charge in [0.1, 0.15) is 0 Å². The Bertz CT molecular complexity index is 892. The van der Waals surface area contributed by atoms with E-state index in [1.807, 2.05) is 48.6 Å². The van der Waals surface area contributed by atoms with Crippen molar-refractivity contribution < 1.29 is 9.21 Å². The van der Waals surface area contributed by atoms with Crippen LogP contribution in [0.25, 0.3) is 11.5 Å². The summed E-state index contributed by atoms with van der Waals surface area (Å²) in [6.07, 6.45) is 5.88. The van der Waals surface area contributed by atoms with Crippen LogP contribution in [0.3, 0.4) is 0 Å². The molecule has 0 N–H and O–H groups in total. The quantitative estimate of drug-likeness (QED) is 0.715. The molecule has 1 aliphatic carbocycles. The highest BCUT2D eigenvalue weighted by Gasteiger charge is 2.33. The number of amides is 1. The van der Waals surface area contributed by atoms with Crippen LogP contribution >= 0.6 is 0 Å². The fourth-order valence-electron chi connectivity index (χ4n) is 2.84. The maximum atomic E-state index is 12.9. The summed E-state index contributed by atoms with van der Waals surface area (Å²) in [4.78, 5) is 14.9. The minimum Gasteiger partial charge on any atom is -0.421 e. The molecule has 7 heteroatoms. The van der Waals surface area contributed by atoms with Gasteiger partial charge >= 0.3 is 0 Å². The molecule has 1 aliphatic rings. The Labute approximate surface area is 145 Å². The third-order valence-corrected chi connectivity index (χ3v) is 4.26. The molecular formula is C18H19N5O2. The first kappa shape index (κ1) is 15.6. The molecule has 25 heavy (non-hydrogen) atoms. The summed E-state index contributed by atoms with van der Waals surface area (Å²) >= 11 is 0. The van der Waals surface area contributed by atoms with Gasteiger partial charge in [0.2, 0.25) is 11.8 Å². The molecular weight excluding hydrogens is 318 g/mol. The van der Waals surface area contributed by atoms with E-state index in [9.17, 15) is 4.79 Å².